The van der Waals surface area contributed by atoms with Gasteiger partial charge in [-0.2, -0.15) is 5.10 Å². The molecule has 1 saturated heterocycles. The summed E-state index contributed by atoms with van der Waals surface area (Å²) >= 11 is 0. The molecule has 0 spiro atoms. The lowest BCUT2D eigenvalue weighted by Crippen LogP contribution is -2.38. The standard InChI is InChI=1S/C25H30N4O3/c1-27(16-19-15-26-29(17-19)21-8-5-4-6-9-21)18-25(30)28-13-7-10-22(28)20-11-12-23(31-2)24(14-20)32-3/h4-6,8-9,11-12,14-15,17,22H,7,10,13,16,18H2,1-3H3. The number of rotatable bonds is 8. The summed E-state index contributed by atoms with van der Waals surface area (Å²) in [5.74, 6) is 1.53. The van der Waals surface area contributed by atoms with Crippen LogP contribution in [-0.2, 0) is 11.3 Å². The second kappa shape index (κ2) is 9.87. The minimum atomic E-state index is 0.0662. The fourth-order valence-electron chi connectivity index (χ4n) is 4.32. The molecule has 0 bridgehead atoms. The van der Waals surface area contributed by atoms with Crippen molar-refractivity contribution in [3.05, 3.63) is 72.1 Å². The van der Waals surface area contributed by atoms with Gasteiger partial charge in [-0.05, 0) is 49.7 Å². The summed E-state index contributed by atoms with van der Waals surface area (Å²) in [5, 5.41) is 4.45. The van der Waals surface area contributed by atoms with Gasteiger partial charge in [0, 0.05) is 24.8 Å². The highest BCUT2D eigenvalue weighted by Crippen LogP contribution is 2.37. The molecule has 0 radical (unpaired) electrons. The molecule has 7 heteroatoms. The number of para-hydroxylation sites is 1. The first-order valence-electron chi connectivity index (χ1n) is 10.9. The lowest BCUT2D eigenvalue weighted by molar-refractivity contribution is -0.133. The first-order chi connectivity index (χ1) is 15.6. The van der Waals surface area contributed by atoms with Crippen molar-refractivity contribution in [3.63, 3.8) is 0 Å². The predicted molar refractivity (Wildman–Crippen MR) is 123 cm³/mol. The van der Waals surface area contributed by atoms with Crippen LogP contribution in [0.5, 0.6) is 11.5 Å². The van der Waals surface area contributed by atoms with E-state index in [0.29, 0.717) is 24.6 Å². The van der Waals surface area contributed by atoms with Gasteiger partial charge in [0.1, 0.15) is 0 Å². The number of nitrogens with zero attached hydrogens (tertiary/aromatic N) is 4. The number of ether oxygens (including phenoxy) is 2. The Hall–Kier alpha value is -3.32. The predicted octanol–water partition coefficient (Wildman–Crippen LogP) is 3.69. The number of amides is 1. The van der Waals surface area contributed by atoms with Crippen molar-refractivity contribution >= 4 is 5.91 Å². The van der Waals surface area contributed by atoms with Gasteiger partial charge >= 0.3 is 0 Å². The highest BCUT2D eigenvalue weighted by molar-refractivity contribution is 5.79. The molecule has 0 aliphatic carbocycles. The highest BCUT2D eigenvalue weighted by atomic mass is 16.5. The molecule has 0 N–H and O–H groups in total. The molecule has 2 aromatic carbocycles. The first-order valence-corrected chi connectivity index (χ1v) is 10.9. The highest BCUT2D eigenvalue weighted by Gasteiger charge is 2.31. The summed E-state index contributed by atoms with van der Waals surface area (Å²) in [6.45, 7) is 1.80. The molecule has 2 heterocycles. The zero-order chi connectivity index (χ0) is 22.5. The van der Waals surface area contributed by atoms with Gasteiger partial charge in [-0.15, -0.1) is 0 Å². The number of aromatic nitrogens is 2. The van der Waals surface area contributed by atoms with E-state index in [0.717, 1.165) is 36.2 Å². The van der Waals surface area contributed by atoms with Crippen molar-refractivity contribution in [1.29, 1.82) is 0 Å². The van der Waals surface area contributed by atoms with Gasteiger partial charge in [0.05, 0.1) is 38.7 Å². The third kappa shape index (κ3) is 4.78. The fourth-order valence-corrected chi connectivity index (χ4v) is 4.32. The average molecular weight is 435 g/mol. The Morgan fingerprint density at radius 3 is 2.66 bits per heavy atom. The molecule has 1 aromatic heterocycles. The molecule has 1 atom stereocenters. The number of methoxy groups -OCH3 is 2. The monoisotopic (exact) mass is 434 g/mol. The zero-order valence-electron chi connectivity index (χ0n) is 18.9. The lowest BCUT2D eigenvalue weighted by atomic mass is 10.0. The third-order valence-corrected chi connectivity index (χ3v) is 5.88. The van der Waals surface area contributed by atoms with Crippen LogP contribution in [-0.4, -0.2) is 59.8 Å². The van der Waals surface area contributed by atoms with Crippen LogP contribution in [0.1, 0.15) is 30.0 Å². The van der Waals surface area contributed by atoms with Gasteiger partial charge in [0.25, 0.3) is 0 Å². The Morgan fingerprint density at radius 1 is 1.12 bits per heavy atom. The summed E-state index contributed by atoms with van der Waals surface area (Å²) in [6, 6.07) is 16.0. The van der Waals surface area contributed by atoms with Crippen LogP contribution < -0.4 is 9.47 Å². The molecule has 0 saturated carbocycles. The van der Waals surface area contributed by atoms with E-state index in [1.165, 1.54) is 0 Å². The number of hydrogen-bond donors (Lipinski definition) is 0. The molecule has 1 amide bonds. The van der Waals surface area contributed by atoms with E-state index in [1.807, 2.05) is 82.5 Å². The van der Waals surface area contributed by atoms with Crippen LogP contribution in [0, 0.1) is 0 Å². The van der Waals surface area contributed by atoms with E-state index < -0.39 is 0 Å². The second-order valence-corrected chi connectivity index (χ2v) is 8.16. The van der Waals surface area contributed by atoms with Crippen LogP contribution in [0.25, 0.3) is 5.69 Å². The normalized spacial score (nSPS) is 15.9. The van der Waals surface area contributed by atoms with Crippen molar-refractivity contribution in [3.8, 4) is 17.2 Å². The maximum atomic E-state index is 13.1. The second-order valence-electron chi connectivity index (χ2n) is 8.16. The van der Waals surface area contributed by atoms with E-state index in [4.69, 9.17) is 9.47 Å². The first kappa shape index (κ1) is 21.9. The lowest BCUT2D eigenvalue weighted by Gasteiger charge is -2.27. The smallest absolute Gasteiger partial charge is 0.237 e. The van der Waals surface area contributed by atoms with Crippen molar-refractivity contribution < 1.29 is 14.3 Å². The number of carbonyl (C=O) groups is 1. The maximum Gasteiger partial charge on any atom is 0.237 e. The summed E-state index contributed by atoms with van der Waals surface area (Å²) in [4.78, 5) is 17.2. The molecule has 3 aromatic rings. The van der Waals surface area contributed by atoms with Crippen molar-refractivity contribution in [2.45, 2.75) is 25.4 Å². The molecular weight excluding hydrogens is 404 g/mol. The minimum absolute atomic E-state index is 0.0662. The van der Waals surface area contributed by atoms with Crippen LogP contribution in [0.15, 0.2) is 60.9 Å². The van der Waals surface area contributed by atoms with Gasteiger partial charge in [-0.1, -0.05) is 24.3 Å². The van der Waals surface area contributed by atoms with Crippen molar-refractivity contribution in [2.24, 2.45) is 0 Å². The number of likely N-dealkylation sites (N-methyl/N-ethyl adjacent to an activating group) is 1. The van der Waals surface area contributed by atoms with Crippen LogP contribution in [0.2, 0.25) is 0 Å². The van der Waals surface area contributed by atoms with E-state index in [-0.39, 0.29) is 11.9 Å². The quantitative estimate of drug-likeness (QED) is 0.541. The largest absolute Gasteiger partial charge is 0.493 e. The van der Waals surface area contributed by atoms with E-state index in [2.05, 4.69) is 5.10 Å². The molecule has 7 nitrogen and oxygen atoms in total. The maximum absolute atomic E-state index is 13.1. The molecule has 4 rings (SSSR count). The average Bonchev–Trinajstić information content (AvgIpc) is 3.49. The van der Waals surface area contributed by atoms with E-state index in [1.54, 1.807) is 14.2 Å². The van der Waals surface area contributed by atoms with Crippen LogP contribution in [0.4, 0.5) is 0 Å². The Bertz CT molecular complexity index is 1050. The third-order valence-electron chi connectivity index (χ3n) is 5.88. The molecule has 1 aliphatic rings. The number of carbonyl (C=O) groups excluding carboxylic acids is 1. The van der Waals surface area contributed by atoms with Gasteiger partial charge in [-0.3, -0.25) is 9.69 Å². The van der Waals surface area contributed by atoms with Gasteiger partial charge < -0.3 is 14.4 Å². The van der Waals surface area contributed by atoms with Crippen LogP contribution in [0.3, 0.4) is 0 Å². The molecule has 1 fully saturated rings. The molecule has 32 heavy (non-hydrogen) atoms. The SMILES string of the molecule is COc1ccc(C2CCCN2C(=O)CN(C)Cc2cnn(-c3ccccc3)c2)cc1OC. The van der Waals surface area contributed by atoms with Crippen molar-refractivity contribution in [2.75, 3.05) is 34.4 Å². The van der Waals surface area contributed by atoms with E-state index in [9.17, 15) is 4.79 Å². The number of hydrogen-bond acceptors (Lipinski definition) is 5. The zero-order valence-corrected chi connectivity index (χ0v) is 18.9. The molecule has 168 valence electrons. The Kier molecular flexibility index (Phi) is 6.75. The number of likely N-dealkylation sites (tertiary alicyclic amines) is 1. The number of benzene rings is 2. The van der Waals surface area contributed by atoms with Gasteiger partial charge in [0.15, 0.2) is 11.5 Å². The molecule has 1 aliphatic heterocycles. The Labute approximate surface area is 189 Å². The van der Waals surface area contributed by atoms with E-state index >= 15 is 0 Å². The Balaban J connectivity index is 1.39. The topological polar surface area (TPSA) is 59.8 Å². The summed E-state index contributed by atoms with van der Waals surface area (Å²) in [5.41, 5.74) is 3.18. The van der Waals surface area contributed by atoms with Gasteiger partial charge in [0.2, 0.25) is 5.91 Å². The fraction of sp³-hybridized carbons (Fsp3) is 0.360. The van der Waals surface area contributed by atoms with Gasteiger partial charge in [-0.25, -0.2) is 4.68 Å². The Morgan fingerprint density at radius 2 is 1.91 bits per heavy atom. The van der Waals surface area contributed by atoms with Crippen molar-refractivity contribution in [1.82, 2.24) is 19.6 Å². The molecule has 1 unspecified atom stereocenters. The summed E-state index contributed by atoms with van der Waals surface area (Å²) in [6.07, 6.45) is 5.82. The summed E-state index contributed by atoms with van der Waals surface area (Å²) < 4.78 is 12.7. The molecular formula is C25H30N4O3. The van der Waals surface area contributed by atoms with Crippen LogP contribution >= 0.6 is 0 Å². The summed E-state index contributed by atoms with van der Waals surface area (Å²) in [7, 11) is 5.23. The minimum Gasteiger partial charge on any atom is -0.493 e.